The molecule has 0 saturated carbocycles. The van der Waals surface area contributed by atoms with Crippen molar-refractivity contribution in [1.29, 1.82) is 0 Å². The van der Waals surface area contributed by atoms with Gasteiger partial charge in [0.05, 0.1) is 4.91 Å². The van der Waals surface area contributed by atoms with Crippen LogP contribution < -0.4 is 4.74 Å². The maximum Gasteiger partial charge on any atom is 0.410 e. The third-order valence-electron chi connectivity index (χ3n) is 3.20. The second-order valence-electron chi connectivity index (χ2n) is 6.28. The number of aromatic nitrogens is 2. The van der Waals surface area contributed by atoms with E-state index in [0.717, 1.165) is 0 Å². The molecule has 23 heavy (non-hydrogen) atoms. The fourth-order valence-electron chi connectivity index (χ4n) is 2.10. The second-order valence-corrected chi connectivity index (χ2v) is 6.28. The Morgan fingerprint density at radius 1 is 1.30 bits per heavy atom. The van der Waals surface area contributed by atoms with E-state index in [9.17, 15) is 9.70 Å². The smallest absolute Gasteiger partial charge is 0.410 e. The number of nitrogens with zero attached hydrogens (tertiary/aromatic N) is 4. The van der Waals surface area contributed by atoms with E-state index in [2.05, 4.69) is 9.97 Å². The average molecular weight is 325 g/mol. The highest BCUT2D eigenvalue weighted by Crippen LogP contribution is 2.19. The number of carbonyl (C=O) groups is 1. The first kappa shape index (κ1) is 16.9. The van der Waals surface area contributed by atoms with Crippen molar-refractivity contribution in [1.82, 2.24) is 14.9 Å². The molecule has 1 saturated heterocycles. The Morgan fingerprint density at radius 2 is 1.87 bits per heavy atom. The van der Waals surface area contributed by atoms with Crippen molar-refractivity contribution in [2.45, 2.75) is 45.3 Å². The van der Waals surface area contributed by atoms with Crippen LogP contribution in [0.1, 0.15) is 33.6 Å². The lowest BCUT2D eigenvalue weighted by molar-refractivity contribution is -0.730. The van der Waals surface area contributed by atoms with Crippen molar-refractivity contribution in [2.75, 3.05) is 13.1 Å². The van der Waals surface area contributed by atoms with E-state index < -0.39 is 5.60 Å². The lowest BCUT2D eigenvalue weighted by Gasteiger charge is -2.33. The molecule has 1 N–H and O–H groups in total. The Bertz CT molecular complexity index is 562. The number of hydrogen-bond acceptors (Lipinski definition) is 6. The van der Waals surface area contributed by atoms with Gasteiger partial charge in [0.25, 0.3) is 4.92 Å². The molecule has 0 bridgehead atoms. The number of likely N-dealkylation sites (tertiary alicyclic amines) is 1. The molecule has 9 heteroatoms. The number of ether oxygens (including phenoxy) is 2. The fraction of sp³-hybridized carbons (Fsp3) is 0.643. The zero-order valence-corrected chi connectivity index (χ0v) is 13.4. The van der Waals surface area contributed by atoms with Gasteiger partial charge in [-0.2, -0.15) is 9.97 Å². The number of rotatable bonds is 3. The Hall–Kier alpha value is -2.45. The van der Waals surface area contributed by atoms with Crippen LogP contribution in [-0.4, -0.2) is 55.9 Å². The molecule has 1 aromatic heterocycles. The number of amides is 1. The molecule has 1 aromatic rings. The van der Waals surface area contributed by atoms with Gasteiger partial charge in [-0.15, -0.1) is 0 Å². The molecule has 2 heterocycles. The van der Waals surface area contributed by atoms with E-state index in [1.807, 2.05) is 20.8 Å². The third-order valence-corrected chi connectivity index (χ3v) is 3.20. The lowest BCUT2D eigenvalue weighted by Crippen LogP contribution is -2.44. The van der Waals surface area contributed by atoms with E-state index in [0.29, 0.717) is 25.9 Å². The van der Waals surface area contributed by atoms with E-state index >= 15 is 0 Å². The van der Waals surface area contributed by atoms with Crippen LogP contribution in [0.15, 0.2) is 12.4 Å². The van der Waals surface area contributed by atoms with Gasteiger partial charge >= 0.3 is 17.8 Å². The summed E-state index contributed by atoms with van der Waals surface area (Å²) in [5.41, 5.74) is -0.584. The Balaban J connectivity index is 1.82. The fourth-order valence-corrected chi connectivity index (χ4v) is 2.10. The van der Waals surface area contributed by atoms with Crippen molar-refractivity contribution in [3.8, 4) is 6.01 Å². The van der Waals surface area contributed by atoms with Gasteiger partial charge in [-0.05, 0) is 20.8 Å². The van der Waals surface area contributed by atoms with Crippen LogP contribution in [0.5, 0.6) is 6.01 Å². The topological polar surface area (TPSA) is 105 Å². The van der Waals surface area contributed by atoms with Crippen molar-refractivity contribution in [2.24, 2.45) is 0 Å². The summed E-state index contributed by atoms with van der Waals surface area (Å²) in [4.78, 5) is 31.7. The highest BCUT2D eigenvalue weighted by molar-refractivity contribution is 5.68. The first-order valence-electron chi connectivity index (χ1n) is 7.37. The summed E-state index contributed by atoms with van der Waals surface area (Å²) in [7, 11) is 0. The molecule has 0 aromatic carbocycles. The van der Waals surface area contributed by atoms with Crippen molar-refractivity contribution >= 4 is 11.8 Å². The van der Waals surface area contributed by atoms with Crippen LogP contribution in [0.25, 0.3) is 0 Å². The zero-order chi connectivity index (χ0) is 17.0. The summed E-state index contributed by atoms with van der Waals surface area (Å²) in [5, 5.41) is 8.71. The third kappa shape index (κ3) is 5.04. The molecule has 0 unspecified atom stereocenters. The Labute approximate surface area is 133 Å². The van der Waals surface area contributed by atoms with Crippen molar-refractivity contribution < 1.29 is 24.4 Å². The van der Waals surface area contributed by atoms with Gasteiger partial charge in [0.1, 0.15) is 24.1 Å². The van der Waals surface area contributed by atoms with Gasteiger partial charge in [0.15, 0.2) is 0 Å². The van der Waals surface area contributed by atoms with Crippen LogP contribution in [0.3, 0.4) is 0 Å². The van der Waals surface area contributed by atoms with Crippen LogP contribution in [0.2, 0.25) is 0 Å². The molecule has 0 spiro atoms. The first-order chi connectivity index (χ1) is 10.7. The van der Waals surface area contributed by atoms with Crippen molar-refractivity contribution in [3.05, 3.63) is 17.3 Å². The molecule has 9 nitrogen and oxygen atoms in total. The standard InChI is InChI=1S/C14H21N4O5/c1-14(2,3)23-13(19)17-6-4-11(5-7-17)22-12-15-8-10(9-16-12)18(20)21/h8-9,11H,4-7H2,1-3H3,(H,20,21)/q+1. The number of piperidine rings is 1. The molecule has 1 fully saturated rings. The quantitative estimate of drug-likeness (QED) is 0.848. The number of hydrogen-bond donors (Lipinski definition) is 1. The maximum atomic E-state index is 12.0. The van der Waals surface area contributed by atoms with Crippen molar-refractivity contribution in [3.63, 3.8) is 0 Å². The molecule has 0 radical (unpaired) electrons. The Kier molecular flexibility index (Phi) is 4.97. The summed E-state index contributed by atoms with van der Waals surface area (Å²) >= 11 is 0. The molecule has 126 valence electrons. The molecule has 2 rings (SSSR count). The monoisotopic (exact) mass is 325 g/mol. The van der Waals surface area contributed by atoms with Crippen LogP contribution in [0.4, 0.5) is 10.5 Å². The van der Waals surface area contributed by atoms with E-state index in [-0.39, 0.29) is 28.8 Å². The highest BCUT2D eigenvalue weighted by atomic mass is 16.6. The summed E-state index contributed by atoms with van der Waals surface area (Å²) in [5.74, 6) is 0. The molecular formula is C14H21N4O5+. The molecule has 0 aliphatic carbocycles. The SMILES string of the molecule is CC(C)(C)OC(=O)N1CCC(Oc2ncc([N+](=O)O)cn2)CC1. The normalized spacial score (nSPS) is 16.0. The molecule has 1 aliphatic rings. The van der Waals surface area contributed by atoms with Crippen LogP contribution in [-0.2, 0) is 4.74 Å². The molecule has 0 atom stereocenters. The predicted octanol–water partition coefficient (Wildman–Crippen LogP) is 2.05. The minimum Gasteiger partial charge on any atom is -0.460 e. The Morgan fingerprint density at radius 3 is 2.35 bits per heavy atom. The second kappa shape index (κ2) is 6.76. The largest absolute Gasteiger partial charge is 0.460 e. The summed E-state index contributed by atoms with van der Waals surface area (Å²) in [6, 6.07) is 0.131. The lowest BCUT2D eigenvalue weighted by atomic mass is 10.1. The van der Waals surface area contributed by atoms with E-state index in [1.54, 1.807) is 4.90 Å². The van der Waals surface area contributed by atoms with Crippen LogP contribution >= 0.6 is 0 Å². The van der Waals surface area contributed by atoms with Crippen LogP contribution in [0, 0.1) is 4.91 Å². The van der Waals surface area contributed by atoms with Gasteiger partial charge < -0.3 is 14.4 Å². The molecular weight excluding hydrogens is 304 g/mol. The summed E-state index contributed by atoms with van der Waals surface area (Å²) < 4.78 is 10.9. The van der Waals surface area contributed by atoms with E-state index in [4.69, 9.17) is 14.7 Å². The average Bonchev–Trinajstić information content (AvgIpc) is 2.46. The first-order valence-corrected chi connectivity index (χ1v) is 7.37. The van der Waals surface area contributed by atoms with Gasteiger partial charge in [0.2, 0.25) is 0 Å². The molecule has 1 aliphatic heterocycles. The minimum atomic E-state index is -0.512. The minimum absolute atomic E-state index is 0.0721. The maximum absolute atomic E-state index is 12.0. The summed E-state index contributed by atoms with van der Waals surface area (Å²) in [6.45, 7) is 6.55. The highest BCUT2D eigenvalue weighted by Gasteiger charge is 2.28. The van der Waals surface area contributed by atoms with Gasteiger partial charge in [-0.1, -0.05) is 0 Å². The molecule has 1 amide bonds. The van der Waals surface area contributed by atoms with E-state index in [1.165, 1.54) is 12.4 Å². The van der Waals surface area contributed by atoms with Gasteiger partial charge in [-0.25, -0.2) is 10.0 Å². The van der Waals surface area contributed by atoms with Gasteiger partial charge in [0, 0.05) is 25.9 Å². The number of carbonyl (C=O) groups excluding carboxylic acids is 1. The zero-order valence-electron chi connectivity index (χ0n) is 13.4. The van der Waals surface area contributed by atoms with Gasteiger partial charge in [-0.3, -0.25) is 0 Å². The predicted molar refractivity (Wildman–Crippen MR) is 78.6 cm³/mol. The summed E-state index contributed by atoms with van der Waals surface area (Å²) in [6.07, 6.45) is 3.18.